The molecule has 1 aromatic heterocycles. The van der Waals surface area contributed by atoms with Gasteiger partial charge in [0, 0.05) is 17.5 Å². The first kappa shape index (κ1) is 20.9. The van der Waals surface area contributed by atoms with Crippen LogP contribution in [0.5, 0.6) is 0 Å². The van der Waals surface area contributed by atoms with Crippen molar-refractivity contribution >= 4 is 34.8 Å². The van der Waals surface area contributed by atoms with Crippen LogP contribution in [0.4, 0.5) is 0 Å². The van der Waals surface area contributed by atoms with Gasteiger partial charge >= 0.3 is 0 Å². The van der Waals surface area contributed by atoms with Crippen LogP contribution in [0.3, 0.4) is 0 Å². The minimum atomic E-state index is -0.141. The maximum atomic E-state index is 13.2. The van der Waals surface area contributed by atoms with E-state index in [-0.39, 0.29) is 30.3 Å². The molecule has 1 saturated carbocycles. The van der Waals surface area contributed by atoms with Crippen LogP contribution in [-0.4, -0.2) is 40.1 Å². The summed E-state index contributed by atoms with van der Waals surface area (Å²) in [5.74, 6) is -0.244. The van der Waals surface area contributed by atoms with Gasteiger partial charge in [-0.05, 0) is 29.9 Å². The molecule has 1 aliphatic rings. The fourth-order valence-corrected chi connectivity index (χ4v) is 4.64. The van der Waals surface area contributed by atoms with Gasteiger partial charge in [-0.15, -0.1) is 22.9 Å². The van der Waals surface area contributed by atoms with Crippen molar-refractivity contribution in [2.75, 3.05) is 12.4 Å². The number of alkyl halides is 1. The summed E-state index contributed by atoms with van der Waals surface area (Å²) < 4.78 is 0. The minimum Gasteiger partial charge on any atom is -0.332 e. The average Bonchev–Trinajstić information content (AvgIpc) is 3.25. The van der Waals surface area contributed by atoms with E-state index in [1.54, 1.807) is 16.2 Å². The van der Waals surface area contributed by atoms with Crippen LogP contribution in [0.25, 0.3) is 0 Å². The first-order chi connectivity index (χ1) is 13.7. The zero-order valence-electron chi connectivity index (χ0n) is 16.1. The van der Waals surface area contributed by atoms with Crippen LogP contribution in [0.2, 0.25) is 0 Å². The predicted octanol–water partition coefficient (Wildman–Crippen LogP) is 4.68. The lowest BCUT2D eigenvalue weighted by Gasteiger charge is -2.35. The van der Waals surface area contributed by atoms with Gasteiger partial charge in [0.05, 0.1) is 6.54 Å². The summed E-state index contributed by atoms with van der Waals surface area (Å²) in [6.45, 7) is 1.19. The molecule has 1 heterocycles. The van der Waals surface area contributed by atoms with Crippen molar-refractivity contribution in [3.05, 3.63) is 58.3 Å². The second kappa shape index (κ2) is 10.6. The number of amides is 2. The van der Waals surface area contributed by atoms with Gasteiger partial charge in [-0.25, -0.2) is 0 Å². The fraction of sp³-hybridized carbons (Fsp3) is 0.455. The Kier molecular flexibility index (Phi) is 7.92. The summed E-state index contributed by atoms with van der Waals surface area (Å²) in [6.07, 6.45) is 5.33. The highest BCUT2D eigenvalue weighted by Crippen LogP contribution is 2.23. The molecule has 0 saturated heterocycles. The average molecular weight is 419 g/mol. The number of benzene rings is 1. The van der Waals surface area contributed by atoms with Gasteiger partial charge < -0.3 is 9.80 Å². The Bertz CT molecular complexity index is 745. The van der Waals surface area contributed by atoms with Crippen LogP contribution in [-0.2, 0) is 22.7 Å². The van der Waals surface area contributed by atoms with Crippen LogP contribution in [0.1, 0.15) is 42.5 Å². The third kappa shape index (κ3) is 5.82. The van der Waals surface area contributed by atoms with Crippen LogP contribution in [0.15, 0.2) is 47.8 Å². The van der Waals surface area contributed by atoms with Crippen molar-refractivity contribution < 1.29 is 9.59 Å². The summed E-state index contributed by atoms with van der Waals surface area (Å²) in [5, 5.41) is 2.02. The summed E-state index contributed by atoms with van der Waals surface area (Å²) in [5.41, 5.74) is 1.08. The maximum absolute atomic E-state index is 13.2. The van der Waals surface area contributed by atoms with E-state index in [9.17, 15) is 9.59 Å². The van der Waals surface area contributed by atoms with Crippen LogP contribution < -0.4 is 0 Å². The van der Waals surface area contributed by atoms with Crippen molar-refractivity contribution in [2.24, 2.45) is 0 Å². The SMILES string of the molecule is O=C(CN(C(=O)CCl)C1CCCCC1)N(Cc1ccccc1)Cc1cccs1. The standard InChI is InChI=1S/C22H27ClN2O2S/c23-14-21(26)25(19-10-5-2-6-11-19)17-22(27)24(16-20-12-7-13-28-20)15-18-8-3-1-4-9-18/h1,3-4,7-9,12-13,19H,2,5-6,10-11,14-17H2. The number of thiophene rings is 1. The number of halogens is 1. The van der Waals surface area contributed by atoms with Gasteiger partial charge in [0.25, 0.3) is 0 Å². The predicted molar refractivity (Wildman–Crippen MR) is 114 cm³/mol. The molecule has 0 atom stereocenters. The Morgan fingerprint density at radius 2 is 1.71 bits per heavy atom. The Morgan fingerprint density at radius 3 is 2.36 bits per heavy atom. The topological polar surface area (TPSA) is 40.6 Å². The lowest BCUT2D eigenvalue weighted by Crippen LogP contribution is -2.48. The summed E-state index contributed by atoms with van der Waals surface area (Å²) in [6, 6.07) is 14.1. The molecule has 2 aromatic rings. The molecule has 0 N–H and O–H groups in total. The molecule has 6 heteroatoms. The Morgan fingerprint density at radius 1 is 0.964 bits per heavy atom. The minimum absolute atomic E-state index is 0.0266. The van der Waals surface area contributed by atoms with Gasteiger partial charge in [0.15, 0.2) is 0 Å². The summed E-state index contributed by atoms with van der Waals surface area (Å²) >= 11 is 7.50. The highest BCUT2D eigenvalue weighted by Gasteiger charge is 2.28. The normalized spacial score (nSPS) is 14.6. The molecule has 0 radical (unpaired) electrons. The van der Waals surface area contributed by atoms with E-state index in [1.165, 1.54) is 6.42 Å². The van der Waals surface area contributed by atoms with Crippen LogP contribution >= 0.6 is 22.9 Å². The van der Waals surface area contributed by atoms with Gasteiger partial charge in [0.2, 0.25) is 11.8 Å². The largest absolute Gasteiger partial charge is 0.332 e. The van der Waals surface area contributed by atoms with E-state index in [2.05, 4.69) is 0 Å². The quantitative estimate of drug-likeness (QED) is 0.584. The molecule has 0 aliphatic heterocycles. The zero-order valence-corrected chi connectivity index (χ0v) is 17.6. The van der Waals surface area contributed by atoms with E-state index >= 15 is 0 Å². The highest BCUT2D eigenvalue weighted by atomic mass is 35.5. The van der Waals surface area contributed by atoms with E-state index in [0.717, 1.165) is 36.1 Å². The van der Waals surface area contributed by atoms with E-state index in [1.807, 2.05) is 52.7 Å². The molecule has 28 heavy (non-hydrogen) atoms. The molecule has 0 spiro atoms. The van der Waals surface area contributed by atoms with E-state index < -0.39 is 0 Å². The van der Waals surface area contributed by atoms with E-state index in [0.29, 0.717) is 13.1 Å². The van der Waals surface area contributed by atoms with Crippen molar-refractivity contribution in [1.82, 2.24) is 9.80 Å². The zero-order chi connectivity index (χ0) is 19.8. The molecule has 3 rings (SSSR count). The summed E-state index contributed by atoms with van der Waals surface area (Å²) in [7, 11) is 0. The molecule has 1 aromatic carbocycles. The third-order valence-electron chi connectivity index (χ3n) is 5.25. The van der Waals surface area contributed by atoms with Crippen molar-refractivity contribution in [1.29, 1.82) is 0 Å². The van der Waals surface area contributed by atoms with Crippen molar-refractivity contribution in [2.45, 2.75) is 51.2 Å². The van der Waals surface area contributed by atoms with Crippen molar-refractivity contribution in [3.8, 4) is 0 Å². The highest BCUT2D eigenvalue weighted by molar-refractivity contribution is 7.09. The smallest absolute Gasteiger partial charge is 0.242 e. The number of hydrogen-bond acceptors (Lipinski definition) is 3. The fourth-order valence-electron chi connectivity index (χ4n) is 3.76. The number of hydrogen-bond donors (Lipinski definition) is 0. The molecule has 2 amide bonds. The molecule has 150 valence electrons. The molecule has 0 bridgehead atoms. The Labute approximate surface area is 176 Å². The number of rotatable bonds is 8. The van der Waals surface area contributed by atoms with Gasteiger partial charge in [0.1, 0.15) is 12.4 Å². The number of carbonyl (C=O) groups excluding carboxylic acids is 2. The van der Waals surface area contributed by atoms with Gasteiger partial charge in [-0.2, -0.15) is 0 Å². The van der Waals surface area contributed by atoms with Gasteiger partial charge in [-0.1, -0.05) is 55.7 Å². The van der Waals surface area contributed by atoms with Gasteiger partial charge in [-0.3, -0.25) is 9.59 Å². The summed E-state index contributed by atoms with van der Waals surface area (Å²) in [4.78, 5) is 30.4. The second-order valence-electron chi connectivity index (χ2n) is 7.26. The lowest BCUT2D eigenvalue weighted by atomic mass is 9.94. The first-order valence-corrected chi connectivity index (χ1v) is 11.3. The number of nitrogens with zero attached hydrogens (tertiary/aromatic N) is 2. The maximum Gasteiger partial charge on any atom is 0.242 e. The molecule has 4 nitrogen and oxygen atoms in total. The number of carbonyl (C=O) groups is 2. The molecule has 0 unspecified atom stereocenters. The van der Waals surface area contributed by atoms with Crippen molar-refractivity contribution in [3.63, 3.8) is 0 Å². The Hall–Kier alpha value is -1.85. The van der Waals surface area contributed by atoms with E-state index in [4.69, 9.17) is 11.6 Å². The molecular weight excluding hydrogens is 392 g/mol. The lowest BCUT2D eigenvalue weighted by molar-refractivity contribution is -0.142. The van der Waals surface area contributed by atoms with Crippen LogP contribution in [0, 0.1) is 0 Å². The molecule has 1 fully saturated rings. The third-order valence-corrected chi connectivity index (χ3v) is 6.34. The first-order valence-electron chi connectivity index (χ1n) is 9.87. The molecular formula is C22H27ClN2O2S. The second-order valence-corrected chi connectivity index (χ2v) is 8.56. The molecule has 1 aliphatic carbocycles. The Balaban J connectivity index is 1.74. The monoisotopic (exact) mass is 418 g/mol.